The van der Waals surface area contributed by atoms with Gasteiger partial charge < -0.3 is 15.0 Å². The van der Waals surface area contributed by atoms with Crippen molar-refractivity contribution in [2.45, 2.75) is 71.1 Å². The third kappa shape index (κ3) is 5.75. The van der Waals surface area contributed by atoms with Gasteiger partial charge in [-0.1, -0.05) is 82.2 Å². The Morgan fingerprint density at radius 2 is 1.66 bits per heavy atom. The molecule has 0 radical (unpaired) electrons. The van der Waals surface area contributed by atoms with Crippen molar-refractivity contribution in [3.05, 3.63) is 54.1 Å². The van der Waals surface area contributed by atoms with Crippen molar-refractivity contribution in [1.29, 1.82) is 0 Å². The van der Waals surface area contributed by atoms with E-state index >= 15 is 0 Å². The van der Waals surface area contributed by atoms with E-state index in [1.807, 2.05) is 18.2 Å². The number of unbranched alkanes of at least 4 members (excludes halogenated alkanes) is 1. The first-order valence-corrected chi connectivity index (χ1v) is 12.9. The van der Waals surface area contributed by atoms with E-state index in [1.165, 1.54) is 81.8 Å². The lowest BCUT2D eigenvalue weighted by molar-refractivity contribution is 0.244. The molecule has 1 fully saturated rings. The number of rotatable bonds is 10. The summed E-state index contributed by atoms with van der Waals surface area (Å²) in [6, 6.07) is 16.3. The second kappa shape index (κ2) is 11.6. The Hall–Kier alpha value is -2.26. The number of aromatic hydroxyl groups is 1. The molecule has 2 aromatic carbocycles. The Morgan fingerprint density at radius 3 is 2.44 bits per heavy atom. The van der Waals surface area contributed by atoms with Gasteiger partial charge in [0.15, 0.2) is 0 Å². The highest BCUT2D eigenvalue weighted by Crippen LogP contribution is 2.35. The number of H-pyrrole nitrogens is 1. The van der Waals surface area contributed by atoms with Gasteiger partial charge in [0.05, 0.1) is 5.69 Å². The molecule has 0 amide bonds. The first-order valence-electron chi connectivity index (χ1n) is 12.9. The molecule has 1 aliphatic rings. The summed E-state index contributed by atoms with van der Waals surface area (Å²) in [5.41, 5.74) is 4.46. The fraction of sp³-hybridized carbons (Fsp3) is 0.517. The van der Waals surface area contributed by atoms with Crippen molar-refractivity contribution < 1.29 is 5.11 Å². The number of benzene rings is 2. The van der Waals surface area contributed by atoms with Crippen LogP contribution in [0.25, 0.3) is 22.2 Å². The van der Waals surface area contributed by atoms with Crippen molar-refractivity contribution in [3.63, 3.8) is 0 Å². The van der Waals surface area contributed by atoms with Crippen LogP contribution in [-0.4, -0.2) is 34.6 Å². The zero-order chi connectivity index (χ0) is 22.2. The third-order valence-electron chi connectivity index (χ3n) is 7.32. The summed E-state index contributed by atoms with van der Waals surface area (Å²) >= 11 is 0. The number of phenols is 1. The maximum atomic E-state index is 10.5. The summed E-state index contributed by atoms with van der Waals surface area (Å²) in [5, 5.41) is 11.8. The van der Waals surface area contributed by atoms with E-state index in [-0.39, 0.29) is 0 Å². The second-order valence-electron chi connectivity index (χ2n) is 9.63. The molecular formula is C29H40N2O. The van der Waals surface area contributed by atoms with Crippen molar-refractivity contribution in [2.75, 3.05) is 19.6 Å². The standard InChI is InChI=1S/C29H40N2O/c1-2-3-20-31(21-18-23-12-6-4-5-7-13-23)22-19-25-24-14-8-10-16-27(24)30-29(25)26-15-9-11-17-28(26)32/h8-11,14-17,23,30,32H,2-7,12-13,18-22H2,1H3. The minimum absolute atomic E-state index is 0.344. The van der Waals surface area contributed by atoms with Crippen LogP contribution in [0.4, 0.5) is 0 Å². The number of nitrogens with one attached hydrogen (secondary N) is 1. The van der Waals surface area contributed by atoms with Gasteiger partial charge in [0.25, 0.3) is 0 Å². The molecule has 32 heavy (non-hydrogen) atoms. The van der Waals surface area contributed by atoms with Crippen molar-refractivity contribution in [1.82, 2.24) is 9.88 Å². The molecular weight excluding hydrogens is 392 g/mol. The van der Waals surface area contributed by atoms with E-state index in [0.717, 1.165) is 35.7 Å². The summed E-state index contributed by atoms with van der Waals surface area (Å²) in [6.07, 6.45) is 13.5. The lowest BCUT2D eigenvalue weighted by Crippen LogP contribution is -2.29. The van der Waals surface area contributed by atoms with Gasteiger partial charge in [-0.2, -0.15) is 0 Å². The topological polar surface area (TPSA) is 39.3 Å². The van der Waals surface area contributed by atoms with E-state index in [2.05, 4.69) is 41.1 Å². The first kappa shape index (κ1) is 22.9. The molecule has 4 rings (SSSR count). The highest BCUT2D eigenvalue weighted by atomic mass is 16.3. The van der Waals surface area contributed by atoms with E-state index in [1.54, 1.807) is 6.07 Å². The summed E-state index contributed by atoms with van der Waals surface area (Å²) in [7, 11) is 0. The van der Waals surface area contributed by atoms with E-state index in [0.29, 0.717) is 5.75 Å². The molecule has 1 saturated carbocycles. The van der Waals surface area contributed by atoms with Crippen LogP contribution >= 0.6 is 0 Å². The lowest BCUT2D eigenvalue weighted by atomic mass is 9.96. The Kier molecular flexibility index (Phi) is 8.28. The molecule has 0 aliphatic heterocycles. The van der Waals surface area contributed by atoms with Crippen LogP contribution in [0.1, 0.15) is 70.3 Å². The van der Waals surface area contributed by atoms with Crippen molar-refractivity contribution >= 4 is 10.9 Å². The largest absolute Gasteiger partial charge is 0.507 e. The smallest absolute Gasteiger partial charge is 0.124 e. The predicted octanol–water partition coefficient (Wildman–Crippen LogP) is 7.55. The fourth-order valence-electron chi connectivity index (χ4n) is 5.38. The maximum absolute atomic E-state index is 10.5. The van der Waals surface area contributed by atoms with Crippen molar-refractivity contribution in [2.24, 2.45) is 5.92 Å². The molecule has 0 bridgehead atoms. The zero-order valence-corrected chi connectivity index (χ0v) is 19.8. The van der Waals surface area contributed by atoms with Gasteiger partial charge in [-0.05, 0) is 62.0 Å². The Bertz CT molecular complexity index is 968. The average Bonchev–Trinajstić information content (AvgIpc) is 2.98. The van der Waals surface area contributed by atoms with Gasteiger partial charge >= 0.3 is 0 Å². The Morgan fingerprint density at radius 1 is 0.906 bits per heavy atom. The minimum Gasteiger partial charge on any atom is -0.507 e. The number of hydrogen-bond acceptors (Lipinski definition) is 2. The number of nitrogens with zero attached hydrogens (tertiary/aromatic N) is 1. The highest BCUT2D eigenvalue weighted by Gasteiger charge is 2.18. The zero-order valence-electron chi connectivity index (χ0n) is 19.8. The molecule has 3 heteroatoms. The van der Waals surface area contributed by atoms with Crippen molar-refractivity contribution in [3.8, 4) is 17.0 Å². The van der Waals surface area contributed by atoms with E-state index < -0.39 is 0 Å². The molecule has 3 aromatic rings. The van der Waals surface area contributed by atoms with Gasteiger partial charge in [0.1, 0.15) is 5.75 Å². The first-order chi connectivity index (χ1) is 15.8. The average molecular weight is 433 g/mol. The molecule has 0 saturated heterocycles. The van der Waals surface area contributed by atoms with Gasteiger partial charge in [0.2, 0.25) is 0 Å². The second-order valence-corrected chi connectivity index (χ2v) is 9.63. The monoisotopic (exact) mass is 432 g/mol. The summed E-state index contributed by atoms with van der Waals surface area (Å²) in [6.45, 7) is 5.78. The van der Waals surface area contributed by atoms with Crippen LogP contribution in [0.15, 0.2) is 48.5 Å². The van der Waals surface area contributed by atoms with Crippen LogP contribution in [0.2, 0.25) is 0 Å². The molecule has 1 aliphatic carbocycles. The molecule has 172 valence electrons. The molecule has 2 N–H and O–H groups in total. The quantitative estimate of drug-likeness (QED) is 0.325. The third-order valence-corrected chi connectivity index (χ3v) is 7.32. The molecule has 0 unspecified atom stereocenters. The summed E-state index contributed by atoms with van der Waals surface area (Å²) < 4.78 is 0. The molecule has 0 spiro atoms. The van der Waals surface area contributed by atoms with Crippen LogP contribution in [-0.2, 0) is 6.42 Å². The molecule has 1 aromatic heterocycles. The lowest BCUT2D eigenvalue weighted by Gasteiger charge is -2.25. The predicted molar refractivity (Wildman–Crippen MR) is 136 cm³/mol. The van der Waals surface area contributed by atoms with Crippen LogP contribution in [0.5, 0.6) is 5.75 Å². The molecule has 0 atom stereocenters. The number of phenolic OH excluding ortho intramolecular Hbond substituents is 1. The van der Waals surface area contributed by atoms with E-state index in [4.69, 9.17) is 0 Å². The maximum Gasteiger partial charge on any atom is 0.124 e. The Balaban J connectivity index is 1.51. The fourth-order valence-corrected chi connectivity index (χ4v) is 5.38. The molecule has 3 nitrogen and oxygen atoms in total. The molecule has 1 heterocycles. The van der Waals surface area contributed by atoms with Gasteiger partial charge in [-0.3, -0.25) is 0 Å². The SMILES string of the molecule is CCCCN(CCc1c(-c2ccccc2O)[nH]c2ccccc12)CCC1CCCCCC1. The summed E-state index contributed by atoms with van der Waals surface area (Å²) in [4.78, 5) is 6.30. The van der Waals surface area contributed by atoms with Gasteiger partial charge in [-0.15, -0.1) is 0 Å². The van der Waals surface area contributed by atoms with Crippen LogP contribution in [0.3, 0.4) is 0 Å². The van der Waals surface area contributed by atoms with Crippen LogP contribution < -0.4 is 0 Å². The van der Waals surface area contributed by atoms with E-state index in [9.17, 15) is 5.11 Å². The van der Waals surface area contributed by atoms with Gasteiger partial charge in [-0.25, -0.2) is 0 Å². The minimum atomic E-state index is 0.344. The van der Waals surface area contributed by atoms with Crippen LogP contribution in [0, 0.1) is 5.92 Å². The number of aromatic amines is 1. The normalized spacial score (nSPS) is 15.4. The summed E-state index contributed by atoms with van der Waals surface area (Å²) in [5.74, 6) is 1.27. The number of fused-ring (bicyclic) bond motifs is 1. The number of aromatic nitrogens is 1. The Labute approximate surface area is 193 Å². The number of para-hydroxylation sites is 2. The van der Waals surface area contributed by atoms with Gasteiger partial charge in [0, 0.05) is 23.0 Å². The number of hydrogen-bond donors (Lipinski definition) is 2. The highest BCUT2D eigenvalue weighted by molar-refractivity contribution is 5.91.